The minimum absolute atomic E-state index is 0.00931. The van der Waals surface area contributed by atoms with E-state index in [4.69, 9.17) is 4.42 Å². The Morgan fingerprint density at radius 1 is 1.09 bits per heavy atom. The first-order valence-corrected chi connectivity index (χ1v) is 7.84. The van der Waals surface area contributed by atoms with Gasteiger partial charge in [-0.05, 0) is 61.4 Å². The predicted octanol–water partition coefficient (Wildman–Crippen LogP) is 3.97. The summed E-state index contributed by atoms with van der Waals surface area (Å²) < 4.78 is 18.3. The maximum Gasteiger partial charge on any atom is 0.290 e. The van der Waals surface area contributed by atoms with Gasteiger partial charge in [-0.25, -0.2) is 4.39 Å². The molecule has 2 aliphatic heterocycles. The van der Waals surface area contributed by atoms with Crippen LogP contribution < -0.4 is 0 Å². The smallest absolute Gasteiger partial charge is 0.290 e. The van der Waals surface area contributed by atoms with Gasteiger partial charge < -0.3 is 9.32 Å². The van der Waals surface area contributed by atoms with E-state index in [-0.39, 0.29) is 23.8 Å². The Morgan fingerprint density at radius 2 is 1.77 bits per heavy atom. The van der Waals surface area contributed by atoms with E-state index in [0.29, 0.717) is 11.7 Å². The van der Waals surface area contributed by atoms with Crippen LogP contribution in [-0.2, 0) is 0 Å². The van der Waals surface area contributed by atoms with Crippen LogP contribution in [0.15, 0.2) is 47.1 Å². The minimum atomic E-state index is -0.197. The number of hydrogen-bond donors (Lipinski definition) is 0. The Labute approximate surface area is 128 Å². The predicted molar refractivity (Wildman–Crippen MR) is 80.1 cm³/mol. The summed E-state index contributed by atoms with van der Waals surface area (Å²) in [4.78, 5) is 14.6. The van der Waals surface area contributed by atoms with Gasteiger partial charge in [0.2, 0.25) is 0 Å². The summed E-state index contributed by atoms with van der Waals surface area (Å²) in [6.45, 7) is 0. The van der Waals surface area contributed by atoms with Crippen LogP contribution in [0.3, 0.4) is 0 Å². The van der Waals surface area contributed by atoms with E-state index in [1.54, 1.807) is 18.4 Å². The fraction of sp³-hybridized carbons (Fsp3) is 0.389. The topological polar surface area (TPSA) is 33.5 Å². The SMILES string of the molecule is O=C(c1ccco1)N1[C@@H]2CC[C@H]1C[C@@H](c1ccc(F)cc1)C2. The number of halogens is 1. The molecule has 0 unspecified atom stereocenters. The van der Waals surface area contributed by atoms with Gasteiger partial charge in [0, 0.05) is 12.1 Å². The zero-order chi connectivity index (χ0) is 15.1. The van der Waals surface area contributed by atoms with Crippen molar-refractivity contribution in [2.24, 2.45) is 0 Å². The van der Waals surface area contributed by atoms with Gasteiger partial charge in [0.05, 0.1) is 6.26 Å². The summed E-state index contributed by atoms with van der Waals surface area (Å²) in [5.41, 5.74) is 1.18. The van der Waals surface area contributed by atoms with Crippen LogP contribution in [-0.4, -0.2) is 22.9 Å². The first-order valence-electron chi connectivity index (χ1n) is 7.84. The molecule has 0 N–H and O–H groups in total. The second-order valence-corrected chi connectivity index (χ2v) is 6.29. The van der Waals surface area contributed by atoms with Crippen LogP contribution in [0.2, 0.25) is 0 Å². The summed E-state index contributed by atoms with van der Waals surface area (Å²) in [6, 6.07) is 10.8. The average molecular weight is 299 g/mol. The van der Waals surface area contributed by atoms with Crippen molar-refractivity contribution in [3.8, 4) is 0 Å². The Balaban J connectivity index is 1.54. The van der Waals surface area contributed by atoms with Gasteiger partial charge >= 0.3 is 0 Å². The average Bonchev–Trinajstić information content (AvgIpc) is 3.14. The monoisotopic (exact) mass is 299 g/mol. The summed E-state index contributed by atoms with van der Waals surface area (Å²) in [5.74, 6) is 0.656. The highest BCUT2D eigenvalue weighted by Crippen LogP contribution is 2.43. The molecule has 0 saturated carbocycles. The molecular weight excluding hydrogens is 281 g/mol. The van der Waals surface area contributed by atoms with Crippen LogP contribution in [0.25, 0.3) is 0 Å². The molecule has 4 rings (SSSR count). The van der Waals surface area contributed by atoms with Crippen molar-refractivity contribution in [1.29, 1.82) is 0 Å². The van der Waals surface area contributed by atoms with Crippen LogP contribution in [0.4, 0.5) is 4.39 Å². The fourth-order valence-corrected chi connectivity index (χ4v) is 4.04. The van der Waals surface area contributed by atoms with Crippen molar-refractivity contribution in [3.05, 3.63) is 59.8 Å². The Morgan fingerprint density at radius 3 is 2.36 bits per heavy atom. The van der Waals surface area contributed by atoms with E-state index in [1.165, 1.54) is 17.7 Å². The summed E-state index contributed by atoms with van der Waals surface area (Å²) in [6.07, 6.45) is 5.55. The van der Waals surface area contributed by atoms with Gasteiger partial charge in [-0.15, -0.1) is 0 Å². The lowest BCUT2D eigenvalue weighted by Gasteiger charge is -2.38. The number of benzene rings is 1. The number of piperidine rings is 1. The van der Waals surface area contributed by atoms with Crippen LogP contribution in [0.5, 0.6) is 0 Å². The number of nitrogens with zero attached hydrogens (tertiary/aromatic N) is 1. The Bertz CT molecular complexity index is 651. The van der Waals surface area contributed by atoms with E-state index in [2.05, 4.69) is 0 Å². The zero-order valence-electron chi connectivity index (χ0n) is 12.2. The molecule has 2 saturated heterocycles. The van der Waals surface area contributed by atoms with E-state index < -0.39 is 0 Å². The summed E-state index contributed by atoms with van der Waals surface area (Å²) >= 11 is 0. The third-order valence-electron chi connectivity index (χ3n) is 5.04. The fourth-order valence-electron chi connectivity index (χ4n) is 4.04. The molecule has 0 radical (unpaired) electrons. The number of rotatable bonds is 2. The standard InChI is InChI=1S/C18H18FNO2/c19-14-5-3-12(4-6-14)13-10-15-7-8-16(11-13)20(15)18(21)17-2-1-9-22-17/h1-6,9,13,15-16H,7-8,10-11H2/t13-,15+,16-. The molecule has 22 heavy (non-hydrogen) atoms. The van der Waals surface area contributed by atoms with Gasteiger partial charge in [-0.3, -0.25) is 4.79 Å². The quantitative estimate of drug-likeness (QED) is 0.840. The lowest BCUT2D eigenvalue weighted by atomic mass is 9.85. The van der Waals surface area contributed by atoms with Gasteiger partial charge in [-0.1, -0.05) is 12.1 Å². The first-order chi connectivity index (χ1) is 10.7. The van der Waals surface area contributed by atoms with Gasteiger partial charge in [0.25, 0.3) is 5.91 Å². The molecule has 4 heteroatoms. The third-order valence-corrected chi connectivity index (χ3v) is 5.04. The molecule has 114 valence electrons. The maximum absolute atomic E-state index is 13.1. The zero-order valence-corrected chi connectivity index (χ0v) is 12.2. The number of amides is 1. The van der Waals surface area contributed by atoms with Crippen molar-refractivity contribution in [1.82, 2.24) is 4.90 Å². The molecule has 3 atom stereocenters. The van der Waals surface area contributed by atoms with Crippen molar-refractivity contribution in [2.75, 3.05) is 0 Å². The second-order valence-electron chi connectivity index (χ2n) is 6.29. The van der Waals surface area contributed by atoms with E-state index in [1.807, 2.05) is 17.0 Å². The molecule has 0 aliphatic carbocycles. The van der Waals surface area contributed by atoms with Gasteiger partial charge in [0.1, 0.15) is 5.82 Å². The Kier molecular flexibility index (Phi) is 3.25. The highest BCUT2D eigenvalue weighted by atomic mass is 19.1. The molecular formula is C18H18FNO2. The second kappa shape index (κ2) is 5.27. The van der Waals surface area contributed by atoms with Crippen LogP contribution in [0, 0.1) is 5.82 Å². The van der Waals surface area contributed by atoms with Gasteiger partial charge in [-0.2, -0.15) is 0 Å². The largest absolute Gasteiger partial charge is 0.459 e. The highest BCUT2D eigenvalue weighted by molar-refractivity contribution is 5.92. The highest BCUT2D eigenvalue weighted by Gasteiger charge is 2.44. The van der Waals surface area contributed by atoms with Crippen molar-refractivity contribution >= 4 is 5.91 Å². The molecule has 1 aromatic carbocycles. The number of hydrogen-bond acceptors (Lipinski definition) is 2. The van der Waals surface area contributed by atoms with Crippen molar-refractivity contribution in [3.63, 3.8) is 0 Å². The van der Waals surface area contributed by atoms with Crippen molar-refractivity contribution in [2.45, 2.75) is 43.7 Å². The van der Waals surface area contributed by atoms with Crippen LogP contribution in [0.1, 0.15) is 47.7 Å². The Hall–Kier alpha value is -2.10. The molecule has 1 amide bonds. The van der Waals surface area contributed by atoms with E-state index >= 15 is 0 Å². The lowest BCUT2D eigenvalue weighted by Crippen LogP contribution is -2.45. The van der Waals surface area contributed by atoms with Crippen LogP contribution >= 0.6 is 0 Å². The maximum atomic E-state index is 13.1. The normalized spacial score (nSPS) is 27.1. The molecule has 3 nitrogen and oxygen atoms in total. The van der Waals surface area contributed by atoms with Crippen molar-refractivity contribution < 1.29 is 13.6 Å². The molecule has 2 aliphatic rings. The molecule has 2 bridgehead atoms. The van der Waals surface area contributed by atoms with E-state index in [9.17, 15) is 9.18 Å². The minimum Gasteiger partial charge on any atom is -0.459 e. The number of carbonyl (C=O) groups is 1. The molecule has 3 heterocycles. The molecule has 2 fully saturated rings. The number of carbonyl (C=O) groups excluding carboxylic acids is 1. The number of fused-ring (bicyclic) bond motifs is 2. The summed E-state index contributed by atoms with van der Waals surface area (Å²) in [7, 11) is 0. The first kappa shape index (κ1) is 13.6. The number of furan rings is 1. The van der Waals surface area contributed by atoms with Gasteiger partial charge in [0.15, 0.2) is 5.76 Å². The van der Waals surface area contributed by atoms with E-state index in [0.717, 1.165) is 25.7 Å². The molecule has 1 aromatic heterocycles. The molecule has 0 spiro atoms. The summed E-state index contributed by atoms with van der Waals surface area (Å²) in [5, 5.41) is 0. The molecule has 2 aromatic rings. The lowest BCUT2D eigenvalue weighted by molar-refractivity contribution is 0.0539. The third kappa shape index (κ3) is 2.23.